The van der Waals surface area contributed by atoms with Gasteiger partial charge in [0.1, 0.15) is 30.0 Å². The molecule has 0 unspecified atom stereocenters. The number of methoxy groups -OCH3 is 1. The van der Waals surface area contributed by atoms with E-state index in [1.165, 1.54) is 24.9 Å². The number of hydrogen-bond acceptors (Lipinski definition) is 13. The summed E-state index contributed by atoms with van der Waals surface area (Å²) in [4.78, 5) is 25.2. The smallest absolute Gasteiger partial charge is 0.327 e. The number of ether oxygens (including phenoxy) is 3. The van der Waals surface area contributed by atoms with E-state index in [4.69, 9.17) is 24.5 Å². The molecule has 2 aliphatic heterocycles. The Bertz CT molecular complexity index is 1430. The molecule has 1 aromatic carbocycles. The number of aliphatic hydroxyl groups excluding tert-OH is 1. The second-order valence-corrected chi connectivity index (χ2v) is 14.1. The summed E-state index contributed by atoms with van der Waals surface area (Å²) >= 11 is 1.05. The molecule has 216 valence electrons. The first-order valence-corrected chi connectivity index (χ1v) is 15.8. The molecule has 0 radical (unpaired) electrons. The van der Waals surface area contributed by atoms with Crippen LogP contribution in [0.3, 0.4) is 0 Å². The van der Waals surface area contributed by atoms with E-state index in [1.54, 1.807) is 6.92 Å². The van der Waals surface area contributed by atoms with Crippen molar-refractivity contribution in [2.45, 2.75) is 56.5 Å². The average molecular weight is 595 g/mol. The van der Waals surface area contributed by atoms with Gasteiger partial charge in [0.25, 0.3) is 0 Å². The summed E-state index contributed by atoms with van der Waals surface area (Å²) < 4.78 is 37.4. The van der Waals surface area contributed by atoms with Crippen LogP contribution in [-0.2, 0) is 23.4 Å². The Morgan fingerprint density at radius 2 is 2.12 bits per heavy atom. The number of anilines is 1. The van der Waals surface area contributed by atoms with Gasteiger partial charge in [0.15, 0.2) is 17.4 Å². The summed E-state index contributed by atoms with van der Waals surface area (Å²) in [5, 5.41) is 24.9. The van der Waals surface area contributed by atoms with E-state index in [0.29, 0.717) is 12.2 Å². The number of aliphatic hydroxyl groups is 2. The second-order valence-electron chi connectivity index (χ2n) is 9.70. The van der Waals surface area contributed by atoms with Crippen molar-refractivity contribution in [3.05, 3.63) is 42.2 Å². The van der Waals surface area contributed by atoms with Gasteiger partial charge in [0.2, 0.25) is 11.8 Å². The van der Waals surface area contributed by atoms with Crippen LogP contribution >= 0.6 is 18.1 Å². The topological polar surface area (TPSA) is 193 Å². The molecule has 7 atom stereocenters. The van der Waals surface area contributed by atoms with Crippen LogP contribution in [0.15, 0.2) is 36.7 Å². The Hall–Kier alpha value is -2.78. The Morgan fingerprint density at radius 3 is 2.85 bits per heavy atom. The molecular formula is C24H31N6O8PS. The number of nitrogen functional groups attached to an aromatic ring is 1. The van der Waals surface area contributed by atoms with Crippen LogP contribution in [-0.4, -0.2) is 79.0 Å². The highest BCUT2D eigenvalue weighted by atomic mass is 32.7. The van der Waals surface area contributed by atoms with E-state index in [-0.39, 0.29) is 29.6 Å². The number of benzene rings is 1. The maximum absolute atomic E-state index is 13.5. The Kier molecular flexibility index (Phi) is 8.08. The van der Waals surface area contributed by atoms with Gasteiger partial charge in [-0.2, -0.15) is 9.97 Å². The lowest BCUT2D eigenvalue weighted by atomic mass is 9.96. The number of carbonyl (C=O) groups is 1. The van der Waals surface area contributed by atoms with Gasteiger partial charge in [-0.3, -0.25) is 13.9 Å². The van der Waals surface area contributed by atoms with Crippen molar-refractivity contribution in [1.29, 1.82) is 0 Å². The van der Waals surface area contributed by atoms with E-state index in [2.05, 4.69) is 20.0 Å². The maximum Gasteiger partial charge on any atom is 0.327 e. The van der Waals surface area contributed by atoms with E-state index in [1.807, 2.05) is 30.3 Å². The molecule has 40 heavy (non-hydrogen) atoms. The molecule has 0 amide bonds. The maximum atomic E-state index is 13.5. The van der Waals surface area contributed by atoms with E-state index in [9.17, 15) is 19.6 Å². The number of nitrogens with zero attached hydrogens (tertiary/aromatic N) is 4. The Balaban J connectivity index is 1.25. The van der Waals surface area contributed by atoms with E-state index in [0.717, 1.165) is 16.9 Å². The zero-order valence-corrected chi connectivity index (χ0v) is 23.7. The summed E-state index contributed by atoms with van der Waals surface area (Å²) in [6.07, 6.45) is -2.35. The van der Waals surface area contributed by atoms with Crippen LogP contribution < -0.4 is 15.6 Å². The molecule has 3 aromatic rings. The van der Waals surface area contributed by atoms with Crippen molar-refractivity contribution < 1.29 is 38.3 Å². The minimum atomic E-state index is -3.58. The highest BCUT2D eigenvalue weighted by Gasteiger charge is 2.54. The second kappa shape index (κ2) is 11.2. The van der Waals surface area contributed by atoms with Crippen LogP contribution in [0.1, 0.15) is 38.2 Å². The van der Waals surface area contributed by atoms with Crippen molar-refractivity contribution in [2.75, 3.05) is 25.2 Å². The Labute approximate surface area is 233 Å². The summed E-state index contributed by atoms with van der Waals surface area (Å²) in [7, 11) is 1.41. The normalized spacial score (nSPS) is 31.2. The number of esters is 1. The monoisotopic (exact) mass is 594 g/mol. The minimum absolute atomic E-state index is 0.0751. The lowest BCUT2D eigenvalue weighted by molar-refractivity contribution is -0.150. The first-order chi connectivity index (χ1) is 19.0. The number of carbonyl (C=O) groups excluding carboxylic acids is 1. The van der Waals surface area contributed by atoms with Gasteiger partial charge < -0.3 is 34.7 Å². The van der Waals surface area contributed by atoms with Gasteiger partial charge in [-0.25, -0.2) is 10.1 Å². The number of hydrogen-bond donors (Lipinski definition) is 4. The molecule has 2 saturated heterocycles. The fourth-order valence-electron chi connectivity index (χ4n) is 4.65. The first-order valence-electron chi connectivity index (χ1n) is 12.5. The number of aromatic nitrogens is 4. The van der Waals surface area contributed by atoms with Crippen molar-refractivity contribution in [1.82, 2.24) is 24.6 Å². The highest BCUT2D eigenvalue weighted by molar-refractivity contribution is 8.56. The molecule has 5 rings (SSSR count). The molecule has 2 fully saturated rings. The van der Waals surface area contributed by atoms with Gasteiger partial charge in [-0.05, 0) is 25.8 Å². The highest BCUT2D eigenvalue weighted by Crippen LogP contribution is 2.59. The zero-order valence-electron chi connectivity index (χ0n) is 22.0. The molecule has 0 aliphatic carbocycles. The number of nitrogens with one attached hydrogen (secondary N) is 1. The zero-order chi connectivity index (χ0) is 28.7. The quantitative estimate of drug-likeness (QED) is 0.218. The predicted octanol–water partition coefficient (Wildman–Crippen LogP) is 1.95. The summed E-state index contributed by atoms with van der Waals surface area (Å²) in [6, 6.07) is 8.46. The standard InChI is InChI=1S/C24H31N6O8PS/c1-13(14-7-5-4-6-8-14)37-21(32)15-9-10-40-39(34,29-15)36-11-16-18(31)24(2,33)22(38-16)30-12-26-17-19(30)27-23(25)28-20(17)35-3/h4-8,12-13,15-16,18,22,31,33H,9-11H2,1-3H3,(H,29,34)(H2,25,27,28)/t13-,15+,16-,18-,22-,24-,39+/m1/s1. The molecule has 0 bridgehead atoms. The van der Waals surface area contributed by atoms with Crippen molar-refractivity contribution >= 4 is 41.2 Å². The SMILES string of the molecule is COc1nc(N)nc2c1ncn2[C@@H]1O[C@H](CO[P@@]2(=O)N[C@H](C(=O)O[C@H](C)c3ccccc3)CCS2)[C@@H](O)[C@@]1(C)O. The Morgan fingerprint density at radius 1 is 1.38 bits per heavy atom. The van der Waals surface area contributed by atoms with E-state index >= 15 is 0 Å². The van der Waals surface area contributed by atoms with Gasteiger partial charge >= 0.3 is 12.7 Å². The predicted molar refractivity (Wildman–Crippen MR) is 145 cm³/mol. The number of nitrogens with two attached hydrogens (primary N) is 1. The summed E-state index contributed by atoms with van der Waals surface area (Å²) in [6.45, 7) is -0.748. The number of imidazole rings is 1. The van der Waals surface area contributed by atoms with Crippen LogP contribution in [0.5, 0.6) is 5.88 Å². The largest absolute Gasteiger partial charge is 0.479 e. The fraction of sp³-hybridized carbons (Fsp3) is 0.500. The third-order valence-corrected chi connectivity index (χ3v) is 10.9. The molecule has 5 N–H and O–H groups in total. The third kappa shape index (κ3) is 5.55. The minimum Gasteiger partial charge on any atom is -0.479 e. The molecule has 14 nitrogen and oxygen atoms in total. The molecule has 0 spiro atoms. The molecular weight excluding hydrogens is 563 g/mol. The van der Waals surface area contributed by atoms with Crippen LogP contribution in [0.2, 0.25) is 0 Å². The van der Waals surface area contributed by atoms with Crippen molar-refractivity contribution in [3.8, 4) is 5.88 Å². The van der Waals surface area contributed by atoms with Crippen molar-refractivity contribution in [2.24, 2.45) is 0 Å². The van der Waals surface area contributed by atoms with Crippen LogP contribution in [0.4, 0.5) is 5.95 Å². The lowest BCUT2D eigenvalue weighted by Crippen LogP contribution is -2.44. The molecule has 0 saturated carbocycles. The van der Waals surface area contributed by atoms with Crippen LogP contribution in [0, 0.1) is 0 Å². The van der Waals surface area contributed by atoms with E-state index < -0.39 is 48.9 Å². The average Bonchev–Trinajstić information content (AvgIpc) is 3.45. The molecule has 2 aromatic heterocycles. The fourth-order valence-corrected chi connectivity index (χ4v) is 8.46. The lowest BCUT2D eigenvalue weighted by Gasteiger charge is -2.30. The van der Waals surface area contributed by atoms with Crippen molar-refractivity contribution in [3.63, 3.8) is 0 Å². The van der Waals surface area contributed by atoms with Gasteiger partial charge in [-0.15, -0.1) is 0 Å². The molecule has 2 aliphatic rings. The third-order valence-electron chi connectivity index (χ3n) is 6.84. The molecule has 16 heteroatoms. The summed E-state index contributed by atoms with van der Waals surface area (Å²) in [5.41, 5.74) is 5.34. The molecule has 4 heterocycles. The van der Waals surface area contributed by atoms with Crippen LogP contribution in [0.25, 0.3) is 11.2 Å². The first kappa shape index (κ1) is 28.7. The van der Waals surface area contributed by atoms with Gasteiger partial charge in [0, 0.05) is 5.75 Å². The number of rotatable bonds is 8. The van der Waals surface area contributed by atoms with Gasteiger partial charge in [0.05, 0.1) is 20.0 Å². The van der Waals surface area contributed by atoms with Gasteiger partial charge in [-0.1, -0.05) is 41.7 Å². The number of fused-ring (bicyclic) bond motifs is 1. The summed E-state index contributed by atoms with van der Waals surface area (Å²) in [5.74, 6) is -0.0791.